The monoisotopic (exact) mass is 178 g/mol. The Morgan fingerprint density at radius 1 is 1.31 bits per heavy atom. The number of hydrogen-bond acceptors (Lipinski definition) is 0. The Hall–Kier alpha value is -0.780. The molecule has 0 aromatic heterocycles. The van der Waals surface area contributed by atoms with Crippen molar-refractivity contribution in [1.82, 2.24) is 0 Å². The van der Waals surface area contributed by atoms with Crippen LogP contribution < -0.4 is 0 Å². The van der Waals surface area contributed by atoms with Crippen molar-refractivity contribution >= 4 is 0 Å². The summed E-state index contributed by atoms with van der Waals surface area (Å²) in [6, 6.07) is 0. The molecule has 0 fully saturated rings. The van der Waals surface area contributed by atoms with Gasteiger partial charge >= 0.3 is 0 Å². The van der Waals surface area contributed by atoms with Crippen LogP contribution in [0.5, 0.6) is 0 Å². The van der Waals surface area contributed by atoms with E-state index in [1.54, 1.807) is 0 Å². The molecule has 0 saturated heterocycles. The third kappa shape index (κ3) is 7.58. The zero-order valence-electron chi connectivity index (χ0n) is 9.43. The average Bonchev–Trinajstić information content (AvgIpc) is 2.04. The van der Waals surface area contributed by atoms with Crippen LogP contribution in [0.2, 0.25) is 0 Å². The van der Waals surface area contributed by atoms with Crippen LogP contribution in [0.25, 0.3) is 0 Å². The van der Waals surface area contributed by atoms with E-state index in [9.17, 15) is 0 Å². The van der Waals surface area contributed by atoms with Crippen molar-refractivity contribution in [2.45, 2.75) is 40.5 Å². The van der Waals surface area contributed by atoms with E-state index >= 15 is 0 Å². The van der Waals surface area contributed by atoms with Crippen molar-refractivity contribution in [2.24, 2.45) is 5.92 Å². The van der Waals surface area contributed by atoms with Gasteiger partial charge in [0.25, 0.3) is 0 Å². The Morgan fingerprint density at radius 2 is 1.92 bits per heavy atom. The van der Waals surface area contributed by atoms with Crippen molar-refractivity contribution in [1.29, 1.82) is 0 Å². The van der Waals surface area contributed by atoms with Gasteiger partial charge < -0.3 is 0 Å². The van der Waals surface area contributed by atoms with Crippen LogP contribution in [-0.2, 0) is 0 Å². The molecule has 0 spiro atoms. The Kier molecular flexibility index (Phi) is 6.30. The highest BCUT2D eigenvalue weighted by Crippen LogP contribution is 2.13. The lowest BCUT2D eigenvalue weighted by Gasteiger charge is -2.04. The van der Waals surface area contributed by atoms with Crippen molar-refractivity contribution in [3.63, 3.8) is 0 Å². The minimum atomic E-state index is 0.785. The smallest absolute Gasteiger partial charge is 0.0280 e. The molecule has 0 rings (SSSR count). The lowest BCUT2D eigenvalue weighted by atomic mass is 10.0. The Balaban J connectivity index is 3.99. The van der Waals surface area contributed by atoms with Crippen LogP contribution in [0, 0.1) is 5.92 Å². The van der Waals surface area contributed by atoms with Gasteiger partial charge in [0.1, 0.15) is 0 Å². The van der Waals surface area contributed by atoms with Crippen molar-refractivity contribution in [3.05, 3.63) is 36.0 Å². The first-order chi connectivity index (χ1) is 6.06. The second kappa shape index (κ2) is 6.71. The van der Waals surface area contributed by atoms with E-state index in [1.807, 2.05) is 6.92 Å². The van der Waals surface area contributed by atoms with Crippen molar-refractivity contribution in [3.8, 4) is 0 Å². The van der Waals surface area contributed by atoms with Gasteiger partial charge in [-0.05, 0) is 32.6 Å². The maximum Gasteiger partial charge on any atom is -0.0280 e. The van der Waals surface area contributed by atoms with E-state index in [-0.39, 0.29) is 0 Å². The van der Waals surface area contributed by atoms with Gasteiger partial charge in [0.15, 0.2) is 0 Å². The topological polar surface area (TPSA) is 0 Å². The molecule has 0 atom stereocenters. The molecular weight excluding hydrogens is 156 g/mol. The number of rotatable bonds is 5. The van der Waals surface area contributed by atoms with Crippen LogP contribution in [0.3, 0.4) is 0 Å². The molecule has 0 saturated carbocycles. The zero-order valence-corrected chi connectivity index (χ0v) is 9.43. The Labute approximate surface area is 83.0 Å². The Bertz CT molecular complexity index is 204. The molecule has 0 aromatic carbocycles. The first-order valence-electron chi connectivity index (χ1n) is 5.05. The molecule has 0 heteroatoms. The lowest BCUT2D eigenvalue weighted by molar-refractivity contribution is 0.588. The maximum atomic E-state index is 3.84. The van der Waals surface area contributed by atoms with Crippen molar-refractivity contribution < 1.29 is 0 Å². The first-order valence-corrected chi connectivity index (χ1v) is 5.05. The fourth-order valence-electron chi connectivity index (χ4n) is 1.03. The second-order valence-electron chi connectivity index (χ2n) is 3.98. The molecule has 74 valence electrons. The van der Waals surface area contributed by atoms with E-state index in [0.717, 1.165) is 11.5 Å². The predicted molar refractivity (Wildman–Crippen MR) is 61.8 cm³/mol. The zero-order chi connectivity index (χ0) is 10.3. The van der Waals surface area contributed by atoms with E-state index in [1.165, 1.54) is 18.4 Å². The molecule has 0 radical (unpaired) electrons. The Morgan fingerprint density at radius 3 is 2.31 bits per heavy atom. The van der Waals surface area contributed by atoms with Crippen molar-refractivity contribution in [2.75, 3.05) is 0 Å². The van der Waals surface area contributed by atoms with Gasteiger partial charge in [0.05, 0.1) is 0 Å². The highest BCUT2D eigenvalue weighted by Gasteiger charge is 1.95. The SMILES string of the molecule is C=C(C)C=CC(=CC)CCC(C)C. The van der Waals surface area contributed by atoms with Gasteiger partial charge in [-0.2, -0.15) is 0 Å². The van der Waals surface area contributed by atoms with Crippen LogP contribution in [0.4, 0.5) is 0 Å². The summed E-state index contributed by atoms with van der Waals surface area (Å²) < 4.78 is 0. The molecule has 0 aliphatic carbocycles. The normalized spacial score (nSPS) is 12.8. The first kappa shape index (κ1) is 12.2. The molecular formula is C13H22. The van der Waals surface area contributed by atoms with Gasteiger partial charge in [-0.1, -0.05) is 49.8 Å². The van der Waals surface area contributed by atoms with Crippen LogP contribution in [-0.4, -0.2) is 0 Å². The largest absolute Gasteiger partial charge is 0.0961 e. The van der Waals surface area contributed by atoms with Gasteiger partial charge in [-0.25, -0.2) is 0 Å². The molecule has 0 aliphatic rings. The molecule has 0 aliphatic heterocycles. The van der Waals surface area contributed by atoms with Crippen LogP contribution >= 0.6 is 0 Å². The van der Waals surface area contributed by atoms with E-state index in [4.69, 9.17) is 0 Å². The van der Waals surface area contributed by atoms with Gasteiger partial charge in [-0.3, -0.25) is 0 Å². The molecule has 13 heavy (non-hydrogen) atoms. The number of hydrogen-bond donors (Lipinski definition) is 0. The summed E-state index contributed by atoms with van der Waals surface area (Å²) in [7, 11) is 0. The summed E-state index contributed by atoms with van der Waals surface area (Å²) in [4.78, 5) is 0. The van der Waals surface area contributed by atoms with E-state index in [0.29, 0.717) is 0 Å². The van der Waals surface area contributed by atoms with Gasteiger partial charge in [0.2, 0.25) is 0 Å². The number of allylic oxidation sites excluding steroid dienone is 5. The minimum absolute atomic E-state index is 0.785. The lowest BCUT2D eigenvalue weighted by Crippen LogP contribution is -1.88. The summed E-state index contributed by atoms with van der Waals surface area (Å²) in [5.41, 5.74) is 2.53. The third-order valence-electron chi connectivity index (χ3n) is 1.96. The summed E-state index contributed by atoms with van der Waals surface area (Å²) >= 11 is 0. The summed E-state index contributed by atoms with van der Waals surface area (Å²) in [5.74, 6) is 0.785. The fourth-order valence-corrected chi connectivity index (χ4v) is 1.03. The molecule has 0 nitrogen and oxygen atoms in total. The predicted octanol–water partition coefficient (Wildman–Crippen LogP) is 4.50. The quantitative estimate of drug-likeness (QED) is 0.544. The van der Waals surface area contributed by atoms with E-state index < -0.39 is 0 Å². The molecule has 0 N–H and O–H groups in total. The fraction of sp³-hybridized carbons (Fsp3) is 0.538. The van der Waals surface area contributed by atoms with Gasteiger partial charge in [-0.15, -0.1) is 0 Å². The summed E-state index contributed by atoms with van der Waals surface area (Å²) in [5, 5.41) is 0. The van der Waals surface area contributed by atoms with Crippen LogP contribution in [0.1, 0.15) is 40.5 Å². The molecule has 0 amide bonds. The minimum Gasteiger partial charge on any atom is -0.0961 e. The highest BCUT2D eigenvalue weighted by atomic mass is 14.0. The maximum absolute atomic E-state index is 3.84. The van der Waals surface area contributed by atoms with Gasteiger partial charge in [0, 0.05) is 0 Å². The second-order valence-corrected chi connectivity index (χ2v) is 3.98. The molecule has 0 aromatic rings. The third-order valence-corrected chi connectivity index (χ3v) is 1.96. The van der Waals surface area contributed by atoms with Crippen LogP contribution in [0.15, 0.2) is 36.0 Å². The molecule has 0 unspecified atom stereocenters. The standard InChI is InChI=1S/C13H22/c1-6-13(9-7-11(2)3)10-8-12(4)5/h6-7,9,12H,2,8,10H2,1,3-5H3. The van der Waals surface area contributed by atoms with E-state index in [2.05, 4.69) is 45.6 Å². The highest BCUT2D eigenvalue weighted by molar-refractivity contribution is 5.24. The molecule has 0 heterocycles. The molecule has 0 bridgehead atoms. The summed E-state index contributed by atoms with van der Waals surface area (Å²) in [6.07, 6.45) is 8.88. The average molecular weight is 178 g/mol. The summed E-state index contributed by atoms with van der Waals surface area (Å²) in [6.45, 7) is 12.5.